The monoisotopic (exact) mass is 260 g/mol. The van der Waals surface area contributed by atoms with E-state index in [0.29, 0.717) is 12.1 Å². The standard InChI is InChI=1S/C15H20N2S/c1-11(9-15-7-6-12(2)18-15)17-13(3)14-5-4-8-16-10-14/h4-8,10-11,13,17H,9H2,1-3H3. The van der Waals surface area contributed by atoms with Crippen molar-refractivity contribution in [3.8, 4) is 0 Å². The molecule has 0 aliphatic heterocycles. The van der Waals surface area contributed by atoms with Crippen molar-refractivity contribution < 1.29 is 0 Å². The molecule has 2 heterocycles. The Hall–Kier alpha value is -1.19. The molecular weight excluding hydrogens is 240 g/mol. The fourth-order valence-electron chi connectivity index (χ4n) is 2.11. The number of nitrogens with zero attached hydrogens (tertiary/aromatic N) is 1. The van der Waals surface area contributed by atoms with Crippen LogP contribution in [0.2, 0.25) is 0 Å². The van der Waals surface area contributed by atoms with Crippen LogP contribution in [0.5, 0.6) is 0 Å². The normalized spacial score (nSPS) is 14.4. The molecule has 2 nitrogen and oxygen atoms in total. The Morgan fingerprint density at radius 1 is 1.28 bits per heavy atom. The summed E-state index contributed by atoms with van der Waals surface area (Å²) < 4.78 is 0. The average molecular weight is 260 g/mol. The van der Waals surface area contributed by atoms with Crippen molar-refractivity contribution in [3.05, 3.63) is 52.0 Å². The van der Waals surface area contributed by atoms with Gasteiger partial charge in [0.15, 0.2) is 0 Å². The second-order valence-corrected chi connectivity index (χ2v) is 6.16. The first-order valence-electron chi connectivity index (χ1n) is 6.36. The molecule has 2 rings (SSSR count). The van der Waals surface area contributed by atoms with Gasteiger partial charge in [-0.05, 0) is 51.0 Å². The zero-order valence-electron chi connectivity index (χ0n) is 11.2. The third kappa shape index (κ3) is 3.65. The third-order valence-corrected chi connectivity index (χ3v) is 4.05. The molecule has 1 N–H and O–H groups in total. The van der Waals surface area contributed by atoms with Gasteiger partial charge < -0.3 is 5.32 Å². The highest BCUT2D eigenvalue weighted by Crippen LogP contribution is 2.18. The van der Waals surface area contributed by atoms with Gasteiger partial charge >= 0.3 is 0 Å². The van der Waals surface area contributed by atoms with Crippen LogP contribution in [0.15, 0.2) is 36.7 Å². The van der Waals surface area contributed by atoms with Gasteiger partial charge in [-0.15, -0.1) is 11.3 Å². The molecule has 0 aromatic carbocycles. The largest absolute Gasteiger partial charge is 0.307 e. The topological polar surface area (TPSA) is 24.9 Å². The number of aromatic nitrogens is 1. The Labute approximate surface area is 113 Å². The molecule has 2 unspecified atom stereocenters. The van der Waals surface area contributed by atoms with E-state index in [4.69, 9.17) is 0 Å². The predicted octanol–water partition coefficient (Wildman–Crippen LogP) is 3.73. The fraction of sp³-hybridized carbons (Fsp3) is 0.400. The second-order valence-electron chi connectivity index (χ2n) is 4.79. The second kappa shape index (κ2) is 6.12. The van der Waals surface area contributed by atoms with E-state index >= 15 is 0 Å². The van der Waals surface area contributed by atoms with Gasteiger partial charge in [0, 0.05) is 34.2 Å². The van der Waals surface area contributed by atoms with Crippen LogP contribution >= 0.6 is 11.3 Å². The van der Waals surface area contributed by atoms with Crippen molar-refractivity contribution in [2.45, 2.75) is 39.3 Å². The summed E-state index contributed by atoms with van der Waals surface area (Å²) in [5.74, 6) is 0. The van der Waals surface area contributed by atoms with Gasteiger partial charge in [-0.1, -0.05) is 6.07 Å². The van der Waals surface area contributed by atoms with Crippen molar-refractivity contribution >= 4 is 11.3 Å². The summed E-state index contributed by atoms with van der Waals surface area (Å²) in [5.41, 5.74) is 1.24. The molecule has 2 atom stereocenters. The highest BCUT2D eigenvalue weighted by atomic mass is 32.1. The van der Waals surface area contributed by atoms with Gasteiger partial charge in [0.1, 0.15) is 0 Å². The number of nitrogens with one attached hydrogen (secondary N) is 1. The molecular formula is C15H20N2S. The maximum atomic E-state index is 4.16. The summed E-state index contributed by atoms with van der Waals surface area (Å²) >= 11 is 1.89. The molecule has 2 aromatic heterocycles. The highest BCUT2D eigenvalue weighted by Gasteiger charge is 2.10. The number of hydrogen-bond donors (Lipinski definition) is 1. The van der Waals surface area contributed by atoms with E-state index in [9.17, 15) is 0 Å². The molecule has 0 fully saturated rings. The maximum Gasteiger partial charge on any atom is 0.0315 e. The lowest BCUT2D eigenvalue weighted by molar-refractivity contribution is 0.478. The average Bonchev–Trinajstić information content (AvgIpc) is 2.75. The van der Waals surface area contributed by atoms with Crippen LogP contribution in [0.25, 0.3) is 0 Å². The molecule has 0 saturated carbocycles. The van der Waals surface area contributed by atoms with Gasteiger partial charge in [0.25, 0.3) is 0 Å². The Bertz CT molecular complexity index is 478. The lowest BCUT2D eigenvalue weighted by Gasteiger charge is -2.19. The summed E-state index contributed by atoms with van der Waals surface area (Å²) in [4.78, 5) is 7.00. The first-order chi connectivity index (χ1) is 8.65. The van der Waals surface area contributed by atoms with Crippen LogP contribution < -0.4 is 5.32 Å². The maximum absolute atomic E-state index is 4.16. The van der Waals surface area contributed by atoms with Crippen molar-refractivity contribution in [2.75, 3.05) is 0 Å². The lowest BCUT2D eigenvalue weighted by atomic mass is 10.1. The van der Waals surface area contributed by atoms with E-state index in [0.717, 1.165) is 6.42 Å². The van der Waals surface area contributed by atoms with E-state index in [2.05, 4.69) is 49.3 Å². The van der Waals surface area contributed by atoms with E-state index < -0.39 is 0 Å². The van der Waals surface area contributed by atoms with Crippen molar-refractivity contribution in [1.29, 1.82) is 0 Å². The highest BCUT2D eigenvalue weighted by molar-refractivity contribution is 7.11. The minimum Gasteiger partial charge on any atom is -0.307 e. The van der Waals surface area contributed by atoms with Gasteiger partial charge in [-0.25, -0.2) is 0 Å². The molecule has 0 radical (unpaired) electrons. The first kappa shape index (κ1) is 13.2. The molecule has 2 aromatic rings. The molecule has 0 amide bonds. The zero-order valence-corrected chi connectivity index (χ0v) is 12.0. The smallest absolute Gasteiger partial charge is 0.0315 e. The van der Waals surface area contributed by atoms with Gasteiger partial charge in [0.2, 0.25) is 0 Å². The molecule has 96 valence electrons. The Morgan fingerprint density at radius 3 is 2.72 bits per heavy atom. The van der Waals surface area contributed by atoms with Crippen molar-refractivity contribution in [1.82, 2.24) is 10.3 Å². The van der Waals surface area contributed by atoms with E-state index in [1.54, 1.807) is 0 Å². The summed E-state index contributed by atoms with van der Waals surface area (Å²) in [6.07, 6.45) is 4.83. The van der Waals surface area contributed by atoms with E-state index in [1.807, 2.05) is 29.8 Å². The number of aryl methyl sites for hydroxylation is 1. The quantitative estimate of drug-likeness (QED) is 0.886. The SMILES string of the molecule is Cc1ccc(CC(C)NC(C)c2cccnc2)s1. The number of hydrogen-bond acceptors (Lipinski definition) is 3. The Balaban J connectivity index is 1.89. The predicted molar refractivity (Wildman–Crippen MR) is 78.0 cm³/mol. The molecule has 0 aliphatic rings. The van der Waals surface area contributed by atoms with Crippen LogP contribution in [0, 0.1) is 6.92 Å². The molecule has 0 bridgehead atoms. The summed E-state index contributed by atoms with van der Waals surface area (Å²) in [5, 5.41) is 3.62. The van der Waals surface area contributed by atoms with Crippen LogP contribution in [0.3, 0.4) is 0 Å². The number of rotatable bonds is 5. The fourth-order valence-corrected chi connectivity index (χ4v) is 3.13. The van der Waals surface area contributed by atoms with Crippen LogP contribution in [0.1, 0.15) is 35.2 Å². The molecule has 0 spiro atoms. The van der Waals surface area contributed by atoms with Crippen LogP contribution in [0.4, 0.5) is 0 Å². The lowest BCUT2D eigenvalue weighted by Crippen LogP contribution is -2.30. The molecule has 3 heteroatoms. The summed E-state index contributed by atoms with van der Waals surface area (Å²) in [6, 6.07) is 9.34. The summed E-state index contributed by atoms with van der Waals surface area (Å²) in [6.45, 7) is 6.58. The molecule has 0 saturated heterocycles. The molecule has 18 heavy (non-hydrogen) atoms. The minimum absolute atomic E-state index is 0.342. The van der Waals surface area contributed by atoms with E-state index in [1.165, 1.54) is 15.3 Å². The molecule has 0 aliphatic carbocycles. The van der Waals surface area contributed by atoms with Crippen LogP contribution in [-0.4, -0.2) is 11.0 Å². The van der Waals surface area contributed by atoms with E-state index in [-0.39, 0.29) is 0 Å². The van der Waals surface area contributed by atoms with Gasteiger partial charge in [-0.2, -0.15) is 0 Å². The number of pyridine rings is 1. The minimum atomic E-state index is 0.342. The van der Waals surface area contributed by atoms with Crippen molar-refractivity contribution in [2.24, 2.45) is 0 Å². The van der Waals surface area contributed by atoms with Gasteiger partial charge in [-0.3, -0.25) is 4.98 Å². The Morgan fingerprint density at radius 2 is 2.11 bits per heavy atom. The summed E-state index contributed by atoms with van der Waals surface area (Å²) in [7, 11) is 0. The van der Waals surface area contributed by atoms with Crippen LogP contribution in [-0.2, 0) is 6.42 Å². The third-order valence-electron chi connectivity index (χ3n) is 3.02. The zero-order chi connectivity index (χ0) is 13.0. The van der Waals surface area contributed by atoms with Gasteiger partial charge in [0.05, 0.1) is 0 Å². The first-order valence-corrected chi connectivity index (χ1v) is 7.18. The van der Waals surface area contributed by atoms with Crippen molar-refractivity contribution in [3.63, 3.8) is 0 Å². The number of thiophene rings is 1. The Kier molecular flexibility index (Phi) is 4.50.